The molecule has 0 atom stereocenters. The molecular weight excluding hydrogens is 198 g/mol. The number of morpholine rings is 1. The fourth-order valence-corrected chi connectivity index (χ4v) is 1.93. The van der Waals surface area contributed by atoms with Crippen molar-refractivity contribution in [3.63, 3.8) is 0 Å². The lowest BCUT2D eigenvalue weighted by Gasteiger charge is -2.37. The zero-order valence-corrected chi connectivity index (χ0v) is 10.4. The Labute approximate surface area is 94.6 Å². The van der Waals surface area contributed by atoms with Gasteiger partial charge in [-0.3, -0.25) is 0 Å². The zero-order valence-electron chi connectivity index (χ0n) is 9.60. The van der Waals surface area contributed by atoms with Crippen LogP contribution < -0.4 is 12.4 Å². The Kier molecular flexibility index (Phi) is 7.61. The second kappa shape index (κ2) is 7.49. The van der Waals surface area contributed by atoms with Crippen LogP contribution in [-0.4, -0.2) is 44.4 Å². The molecule has 0 radical (unpaired) electrons. The SMILES string of the molecule is CCCCCC[N+]1(C)CCOCC1.[Cl-]. The van der Waals surface area contributed by atoms with Crippen molar-refractivity contribution in [2.45, 2.75) is 32.6 Å². The van der Waals surface area contributed by atoms with Gasteiger partial charge in [0.25, 0.3) is 0 Å². The van der Waals surface area contributed by atoms with E-state index in [1.54, 1.807) is 0 Å². The summed E-state index contributed by atoms with van der Waals surface area (Å²) in [6, 6.07) is 0. The molecule has 0 aliphatic carbocycles. The fourth-order valence-electron chi connectivity index (χ4n) is 1.93. The molecule has 0 N–H and O–H groups in total. The summed E-state index contributed by atoms with van der Waals surface area (Å²) in [6.45, 7) is 7.97. The van der Waals surface area contributed by atoms with Gasteiger partial charge in [-0.2, -0.15) is 0 Å². The topological polar surface area (TPSA) is 9.23 Å². The third-order valence-electron chi connectivity index (χ3n) is 3.10. The van der Waals surface area contributed by atoms with Gasteiger partial charge in [0.1, 0.15) is 13.1 Å². The molecule has 1 fully saturated rings. The first-order valence-electron chi connectivity index (χ1n) is 5.68. The van der Waals surface area contributed by atoms with Crippen LogP contribution in [0, 0.1) is 0 Å². The maximum atomic E-state index is 5.38. The molecule has 3 heteroatoms. The molecule has 0 saturated carbocycles. The Balaban J connectivity index is 0.00000169. The first kappa shape index (κ1) is 14.2. The van der Waals surface area contributed by atoms with E-state index < -0.39 is 0 Å². The van der Waals surface area contributed by atoms with Gasteiger partial charge in [-0.1, -0.05) is 19.8 Å². The van der Waals surface area contributed by atoms with Crippen LogP contribution in [0.1, 0.15) is 32.6 Å². The van der Waals surface area contributed by atoms with Crippen LogP contribution in [0.25, 0.3) is 0 Å². The highest BCUT2D eigenvalue weighted by Crippen LogP contribution is 2.10. The molecule has 1 aliphatic heterocycles. The zero-order chi connectivity index (χ0) is 9.57. The molecule has 0 spiro atoms. The highest BCUT2D eigenvalue weighted by Gasteiger charge is 2.23. The summed E-state index contributed by atoms with van der Waals surface area (Å²) in [5.74, 6) is 0. The minimum atomic E-state index is 0. The molecule has 0 amide bonds. The van der Waals surface area contributed by atoms with Crippen molar-refractivity contribution < 1.29 is 21.6 Å². The van der Waals surface area contributed by atoms with E-state index in [1.807, 2.05) is 0 Å². The van der Waals surface area contributed by atoms with Crippen molar-refractivity contribution in [3.05, 3.63) is 0 Å². The average molecular weight is 222 g/mol. The Bertz CT molecular complexity index is 135. The number of hydrogen-bond donors (Lipinski definition) is 0. The number of unbranched alkanes of at least 4 members (excludes halogenated alkanes) is 3. The van der Waals surface area contributed by atoms with Gasteiger partial charge in [0.2, 0.25) is 0 Å². The van der Waals surface area contributed by atoms with E-state index in [9.17, 15) is 0 Å². The third kappa shape index (κ3) is 5.18. The summed E-state index contributed by atoms with van der Waals surface area (Å²) < 4.78 is 6.62. The monoisotopic (exact) mass is 221 g/mol. The van der Waals surface area contributed by atoms with Crippen LogP contribution in [0.15, 0.2) is 0 Å². The lowest BCUT2D eigenvalue weighted by atomic mass is 10.2. The molecule has 1 heterocycles. The highest BCUT2D eigenvalue weighted by atomic mass is 35.5. The van der Waals surface area contributed by atoms with Gasteiger partial charge in [-0.05, 0) is 12.8 Å². The fraction of sp³-hybridized carbons (Fsp3) is 1.00. The average Bonchev–Trinajstić information content (AvgIpc) is 2.14. The Morgan fingerprint density at radius 3 is 2.29 bits per heavy atom. The summed E-state index contributed by atoms with van der Waals surface area (Å²) in [7, 11) is 2.37. The standard InChI is InChI=1S/C11H24NO.ClH/c1-3-4-5-6-7-12(2)8-10-13-11-9-12;/h3-11H2,1-2H3;1H/q+1;/p-1. The Morgan fingerprint density at radius 2 is 1.71 bits per heavy atom. The minimum absolute atomic E-state index is 0. The smallest absolute Gasteiger partial charge is 0.102 e. The summed E-state index contributed by atoms with van der Waals surface area (Å²) in [6.07, 6.45) is 5.54. The van der Waals surface area contributed by atoms with Gasteiger partial charge in [-0.15, -0.1) is 0 Å². The van der Waals surface area contributed by atoms with Crippen molar-refractivity contribution in [3.8, 4) is 0 Å². The number of quaternary nitrogens is 1. The second-order valence-corrected chi connectivity index (χ2v) is 4.46. The number of likely N-dealkylation sites (N-methyl/N-ethyl adjacent to an activating group) is 1. The highest BCUT2D eigenvalue weighted by molar-refractivity contribution is 4.48. The molecule has 0 aromatic heterocycles. The van der Waals surface area contributed by atoms with Crippen LogP contribution in [0.5, 0.6) is 0 Å². The van der Waals surface area contributed by atoms with Gasteiger partial charge in [0, 0.05) is 0 Å². The van der Waals surface area contributed by atoms with Crippen molar-refractivity contribution in [2.24, 2.45) is 0 Å². The summed E-state index contributed by atoms with van der Waals surface area (Å²) in [4.78, 5) is 0. The molecule has 2 nitrogen and oxygen atoms in total. The Morgan fingerprint density at radius 1 is 1.07 bits per heavy atom. The van der Waals surface area contributed by atoms with Crippen LogP contribution >= 0.6 is 0 Å². The quantitative estimate of drug-likeness (QED) is 0.430. The number of rotatable bonds is 5. The van der Waals surface area contributed by atoms with Crippen LogP contribution in [-0.2, 0) is 4.74 Å². The lowest BCUT2D eigenvalue weighted by Crippen LogP contribution is -3.00. The third-order valence-corrected chi connectivity index (χ3v) is 3.10. The van der Waals surface area contributed by atoms with E-state index >= 15 is 0 Å². The van der Waals surface area contributed by atoms with Crippen molar-refractivity contribution in [1.82, 2.24) is 0 Å². The molecular formula is C11H24ClNO. The molecule has 0 aromatic rings. The number of ether oxygens (including phenoxy) is 1. The number of halogens is 1. The molecule has 0 unspecified atom stereocenters. The van der Waals surface area contributed by atoms with E-state index in [2.05, 4.69) is 14.0 Å². The predicted octanol–water partition coefficient (Wildman–Crippen LogP) is -0.952. The van der Waals surface area contributed by atoms with Gasteiger partial charge in [0.05, 0.1) is 26.8 Å². The van der Waals surface area contributed by atoms with Crippen LogP contribution in [0.3, 0.4) is 0 Å². The normalized spacial score (nSPS) is 20.1. The molecule has 1 aliphatic rings. The van der Waals surface area contributed by atoms with Crippen molar-refractivity contribution >= 4 is 0 Å². The van der Waals surface area contributed by atoms with Crippen LogP contribution in [0.2, 0.25) is 0 Å². The molecule has 1 saturated heterocycles. The molecule has 14 heavy (non-hydrogen) atoms. The maximum Gasteiger partial charge on any atom is 0.102 e. The summed E-state index contributed by atoms with van der Waals surface area (Å²) in [5, 5.41) is 0. The second-order valence-electron chi connectivity index (χ2n) is 4.46. The number of hydrogen-bond acceptors (Lipinski definition) is 1. The molecule has 1 rings (SSSR count). The summed E-state index contributed by atoms with van der Waals surface area (Å²) >= 11 is 0. The van der Waals surface area contributed by atoms with Gasteiger partial charge in [0.15, 0.2) is 0 Å². The van der Waals surface area contributed by atoms with E-state index in [1.165, 1.54) is 49.8 Å². The minimum Gasteiger partial charge on any atom is -1.00 e. The van der Waals surface area contributed by atoms with Crippen molar-refractivity contribution in [2.75, 3.05) is 39.9 Å². The molecule has 0 bridgehead atoms. The predicted molar refractivity (Wildman–Crippen MR) is 55.7 cm³/mol. The first-order valence-corrected chi connectivity index (χ1v) is 5.68. The van der Waals surface area contributed by atoms with Gasteiger partial charge >= 0.3 is 0 Å². The van der Waals surface area contributed by atoms with E-state index in [-0.39, 0.29) is 12.4 Å². The Hall–Kier alpha value is 0.210. The summed E-state index contributed by atoms with van der Waals surface area (Å²) in [5.41, 5.74) is 0. The first-order chi connectivity index (χ1) is 6.27. The van der Waals surface area contributed by atoms with E-state index in [0.717, 1.165) is 13.2 Å². The lowest BCUT2D eigenvalue weighted by molar-refractivity contribution is -0.917. The van der Waals surface area contributed by atoms with Gasteiger partial charge < -0.3 is 21.6 Å². The van der Waals surface area contributed by atoms with Crippen molar-refractivity contribution in [1.29, 1.82) is 0 Å². The molecule has 0 aromatic carbocycles. The largest absolute Gasteiger partial charge is 1.00 e. The van der Waals surface area contributed by atoms with E-state index in [0.29, 0.717) is 0 Å². The number of nitrogens with zero attached hydrogens (tertiary/aromatic N) is 1. The van der Waals surface area contributed by atoms with Crippen LogP contribution in [0.4, 0.5) is 0 Å². The maximum absolute atomic E-state index is 5.38. The van der Waals surface area contributed by atoms with Gasteiger partial charge in [-0.25, -0.2) is 0 Å². The van der Waals surface area contributed by atoms with E-state index in [4.69, 9.17) is 4.74 Å². The molecule has 86 valence electrons.